The highest BCUT2D eigenvalue weighted by Gasteiger charge is 2.21. The average molecular weight is 377 g/mol. The number of likely N-dealkylation sites (tertiary alicyclic amines) is 1. The zero-order chi connectivity index (χ0) is 17.6. The zero-order valence-electron chi connectivity index (χ0n) is 15.8. The first-order valence-corrected chi connectivity index (χ1v) is 8.95. The lowest BCUT2D eigenvalue weighted by molar-refractivity contribution is 0.188. The predicted octanol–water partition coefficient (Wildman–Crippen LogP) is 3.98. The van der Waals surface area contributed by atoms with E-state index in [0.717, 1.165) is 31.1 Å². The van der Waals surface area contributed by atoms with Crippen LogP contribution in [0.4, 0.5) is 0 Å². The van der Waals surface area contributed by atoms with Gasteiger partial charge >= 0.3 is 0 Å². The van der Waals surface area contributed by atoms with Crippen molar-refractivity contribution in [1.29, 1.82) is 0 Å². The van der Waals surface area contributed by atoms with Crippen LogP contribution in [0.25, 0.3) is 11.1 Å². The van der Waals surface area contributed by atoms with Crippen molar-refractivity contribution in [3.8, 4) is 22.6 Å². The van der Waals surface area contributed by atoms with Crippen molar-refractivity contribution in [2.75, 3.05) is 34.4 Å². The second-order valence-electron chi connectivity index (χ2n) is 6.59. The Hall–Kier alpha value is -1.75. The second kappa shape index (κ2) is 9.81. The van der Waals surface area contributed by atoms with Crippen LogP contribution in [0.5, 0.6) is 11.5 Å². The average Bonchev–Trinajstić information content (AvgIpc) is 2.68. The molecular weight excluding hydrogens is 348 g/mol. The molecule has 4 nitrogen and oxygen atoms in total. The summed E-state index contributed by atoms with van der Waals surface area (Å²) >= 11 is 0. The second-order valence-corrected chi connectivity index (χ2v) is 6.59. The standard InChI is InChI=1S/C21H28N2O2.ClH/c1-22-18-10-7-11-23(15-18)14-17-12-20(24-2)21(25-3)13-19(17)16-8-5-4-6-9-16;/h4-6,8-9,12-13,18,22H,7,10-11,14-15H2,1-3H3;1H. The number of methoxy groups -OCH3 is 2. The van der Waals surface area contributed by atoms with Crippen molar-refractivity contribution < 1.29 is 9.47 Å². The summed E-state index contributed by atoms with van der Waals surface area (Å²) in [6.07, 6.45) is 2.49. The molecule has 26 heavy (non-hydrogen) atoms. The highest BCUT2D eigenvalue weighted by atomic mass is 35.5. The topological polar surface area (TPSA) is 33.7 Å². The summed E-state index contributed by atoms with van der Waals surface area (Å²) in [7, 11) is 5.44. The van der Waals surface area contributed by atoms with Crippen LogP contribution in [-0.2, 0) is 6.54 Å². The lowest BCUT2D eigenvalue weighted by Crippen LogP contribution is -2.43. The van der Waals surface area contributed by atoms with E-state index < -0.39 is 0 Å². The van der Waals surface area contributed by atoms with Crippen molar-refractivity contribution in [1.82, 2.24) is 10.2 Å². The first-order valence-electron chi connectivity index (χ1n) is 8.95. The molecule has 1 atom stereocenters. The van der Waals surface area contributed by atoms with Gasteiger partial charge in [0, 0.05) is 19.1 Å². The van der Waals surface area contributed by atoms with E-state index in [1.807, 2.05) is 6.07 Å². The Morgan fingerprint density at radius 2 is 1.77 bits per heavy atom. The Balaban J connectivity index is 0.00000243. The van der Waals surface area contributed by atoms with Gasteiger partial charge in [-0.15, -0.1) is 12.4 Å². The first-order chi connectivity index (χ1) is 12.2. The van der Waals surface area contributed by atoms with E-state index >= 15 is 0 Å². The van der Waals surface area contributed by atoms with Crippen LogP contribution in [0.2, 0.25) is 0 Å². The molecule has 0 saturated carbocycles. The molecule has 0 aliphatic carbocycles. The zero-order valence-corrected chi connectivity index (χ0v) is 16.6. The Labute approximate surface area is 162 Å². The van der Waals surface area contributed by atoms with Crippen LogP contribution in [0, 0.1) is 0 Å². The van der Waals surface area contributed by atoms with Crippen LogP contribution in [0.3, 0.4) is 0 Å². The summed E-state index contributed by atoms with van der Waals surface area (Å²) < 4.78 is 11.1. The Kier molecular flexibility index (Phi) is 7.76. The van der Waals surface area contributed by atoms with E-state index in [1.165, 1.54) is 29.5 Å². The number of hydrogen-bond acceptors (Lipinski definition) is 4. The Morgan fingerprint density at radius 3 is 2.42 bits per heavy atom. The van der Waals surface area contributed by atoms with Crippen molar-refractivity contribution in [2.45, 2.75) is 25.4 Å². The fourth-order valence-electron chi connectivity index (χ4n) is 3.61. The molecule has 0 amide bonds. The third kappa shape index (κ3) is 4.70. The van der Waals surface area contributed by atoms with Crippen LogP contribution in [0.1, 0.15) is 18.4 Å². The van der Waals surface area contributed by atoms with Crippen LogP contribution < -0.4 is 14.8 Å². The summed E-state index contributed by atoms with van der Waals surface area (Å²) in [5.41, 5.74) is 3.70. The number of likely N-dealkylation sites (N-methyl/N-ethyl adjacent to an activating group) is 1. The highest BCUT2D eigenvalue weighted by molar-refractivity contribution is 5.85. The quantitative estimate of drug-likeness (QED) is 0.826. The number of nitrogens with one attached hydrogen (secondary N) is 1. The van der Waals surface area contributed by atoms with Gasteiger partial charge in [-0.2, -0.15) is 0 Å². The van der Waals surface area contributed by atoms with Crippen LogP contribution in [-0.4, -0.2) is 45.3 Å². The molecule has 0 bridgehead atoms. The summed E-state index contributed by atoms with van der Waals surface area (Å²) in [5.74, 6) is 1.57. The predicted molar refractivity (Wildman–Crippen MR) is 110 cm³/mol. The molecule has 1 saturated heterocycles. The minimum absolute atomic E-state index is 0. The number of nitrogens with zero attached hydrogens (tertiary/aromatic N) is 1. The van der Waals surface area contributed by atoms with E-state index in [0.29, 0.717) is 6.04 Å². The molecule has 0 radical (unpaired) electrons. The molecule has 1 aliphatic rings. The smallest absolute Gasteiger partial charge is 0.161 e. The number of halogens is 1. The summed E-state index contributed by atoms with van der Waals surface area (Å²) in [6.45, 7) is 3.14. The van der Waals surface area contributed by atoms with Gasteiger partial charge in [0.1, 0.15) is 0 Å². The molecule has 1 aliphatic heterocycles. The molecule has 1 fully saturated rings. The van der Waals surface area contributed by atoms with Crippen LogP contribution in [0.15, 0.2) is 42.5 Å². The van der Waals surface area contributed by atoms with Gasteiger partial charge in [0.25, 0.3) is 0 Å². The maximum Gasteiger partial charge on any atom is 0.161 e. The lowest BCUT2D eigenvalue weighted by atomic mass is 9.97. The van der Waals surface area contributed by atoms with Gasteiger partial charge in [-0.05, 0) is 55.3 Å². The molecule has 5 heteroatoms. The summed E-state index contributed by atoms with van der Waals surface area (Å²) in [6, 6.07) is 15.3. The molecule has 0 spiro atoms. The van der Waals surface area contributed by atoms with E-state index in [-0.39, 0.29) is 12.4 Å². The van der Waals surface area contributed by atoms with E-state index in [2.05, 4.69) is 53.7 Å². The normalized spacial score (nSPS) is 17.4. The minimum atomic E-state index is 0. The number of ether oxygens (including phenoxy) is 2. The van der Waals surface area contributed by atoms with Gasteiger partial charge in [-0.1, -0.05) is 30.3 Å². The monoisotopic (exact) mass is 376 g/mol. The fourth-order valence-corrected chi connectivity index (χ4v) is 3.61. The van der Waals surface area contributed by atoms with E-state index in [9.17, 15) is 0 Å². The van der Waals surface area contributed by atoms with Crippen molar-refractivity contribution in [2.24, 2.45) is 0 Å². The fraction of sp³-hybridized carbons (Fsp3) is 0.429. The number of benzene rings is 2. The minimum Gasteiger partial charge on any atom is -0.493 e. The lowest BCUT2D eigenvalue weighted by Gasteiger charge is -2.33. The first kappa shape index (κ1) is 20.6. The van der Waals surface area contributed by atoms with Gasteiger partial charge in [0.2, 0.25) is 0 Å². The highest BCUT2D eigenvalue weighted by Crippen LogP contribution is 2.36. The third-order valence-electron chi connectivity index (χ3n) is 5.00. The van der Waals surface area contributed by atoms with Crippen molar-refractivity contribution in [3.05, 3.63) is 48.0 Å². The van der Waals surface area contributed by atoms with Crippen LogP contribution >= 0.6 is 12.4 Å². The molecule has 2 aromatic rings. The number of hydrogen-bond donors (Lipinski definition) is 1. The van der Waals surface area contributed by atoms with E-state index in [4.69, 9.17) is 9.47 Å². The van der Waals surface area contributed by atoms with Gasteiger partial charge in [-0.3, -0.25) is 4.90 Å². The van der Waals surface area contributed by atoms with Gasteiger partial charge in [-0.25, -0.2) is 0 Å². The van der Waals surface area contributed by atoms with Gasteiger partial charge in [0.15, 0.2) is 11.5 Å². The van der Waals surface area contributed by atoms with Gasteiger partial charge in [0.05, 0.1) is 14.2 Å². The maximum atomic E-state index is 5.54. The molecule has 1 N–H and O–H groups in total. The third-order valence-corrected chi connectivity index (χ3v) is 5.00. The van der Waals surface area contributed by atoms with Crippen molar-refractivity contribution in [3.63, 3.8) is 0 Å². The molecule has 1 unspecified atom stereocenters. The van der Waals surface area contributed by atoms with Gasteiger partial charge < -0.3 is 14.8 Å². The molecule has 142 valence electrons. The number of piperidine rings is 1. The maximum absolute atomic E-state index is 5.54. The molecular formula is C21H29ClN2O2. The van der Waals surface area contributed by atoms with Crippen molar-refractivity contribution >= 4 is 12.4 Å². The summed E-state index contributed by atoms with van der Waals surface area (Å²) in [4.78, 5) is 2.53. The van der Waals surface area contributed by atoms with E-state index in [1.54, 1.807) is 14.2 Å². The number of rotatable bonds is 6. The Morgan fingerprint density at radius 1 is 1.08 bits per heavy atom. The largest absolute Gasteiger partial charge is 0.493 e. The molecule has 2 aromatic carbocycles. The summed E-state index contributed by atoms with van der Waals surface area (Å²) in [5, 5.41) is 3.42. The molecule has 3 rings (SSSR count). The SMILES string of the molecule is CNC1CCCN(Cc2cc(OC)c(OC)cc2-c2ccccc2)C1.Cl. The molecule has 0 aromatic heterocycles. The Bertz CT molecular complexity index is 694. The molecule has 1 heterocycles.